The van der Waals surface area contributed by atoms with Crippen LogP contribution in [0.4, 0.5) is 9.59 Å². The second-order valence-electron chi connectivity index (χ2n) is 19.0. The Morgan fingerprint density at radius 1 is 0.754 bits per heavy atom. The van der Waals surface area contributed by atoms with E-state index < -0.39 is 84.2 Å². The van der Waals surface area contributed by atoms with Gasteiger partial charge in [0.1, 0.15) is 0 Å². The molecule has 0 aliphatic heterocycles. The van der Waals surface area contributed by atoms with Gasteiger partial charge in [0, 0.05) is 6.54 Å². The number of fused-ring (bicyclic) bond motifs is 5. The zero-order valence-electron chi connectivity index (χ0n) is 35.6. The SMILES string of the molecule is CCCCCC[C@](C)(O)[C@H]1CC[C@H]2[C@@H]3C[C@H](OC(=O)NCCCC(O)([PH](=O)O)P(=O)(O)O)[C@H]4C[C@@H](OC(=O)NCCCC(O)(P(=O)(O)O)[PH](O)(O)O)CC[C@]4(C)[C@H]3CC[C@@]21C. The summed E-state index contributed by atoms with van der Waals surface area (Å²) < 4.78 is 47.1. The number of hydrogen-bond donors (Lipinski definition) is 13. The van der Waals surface area contributed by atoms with Crippen LogP contribution in [0.25, 0.3) is 0 Å². The number of ether oxygens (including phenoxy) is 2. The van der Waals surface area contributed by atoms with Crippen molar-refractivity contribution in [1.82, 2.24) is 10.6 Å². The number of nitrogens with one attached hydrogen (secondary N) is 2. The van der Waals surface area contributed by atoms with E-state index in [1.54, 1.807) is 0 Å². The maximum absolute atomic E-state index is 13.4. The molecule has 4 aliphatic carbocycles. The van der Waals surface area contributed by atoms with Crippen molar-refractivity contribution in [2.75, 3.05) is 13.1 Å². The van der Waals surface area contributed by atoms with Crippen LogP contribution in [0, 0.1) is 40.4 Å². The van der Waals surface area contributed by atoms with Crippen LogP contribution in [0.15, 0.2) is 0 Å². The molecule has 13 N–H and O–H groups in total. The molecule has 0 bridgehead atoms. The Morgan fingerprint density at radius 2 is 1.33 bits per heavy atom. The Kier molecular flexibility index (Phi) is 17.3. The number of amides is 2. The van der Waals surface area contributed by atoms with Crippen molar-refractivity contribution in [3.63, 3.8) is 0 Å². The molecule has 13 atom stereocenters. The van der Waals surface area contributed by atoms with Gasteiger partial charge in [0.05, 0.1) is 5.60 Å². The Labute approximate surface area is 358 Å². The summed E-state index contributed by atoms with van der Waals surface area (Å²) in [6.45, 7) is 8.08. The summed E-state index contributed by atoms with van der Waals surface area (Å²) in [6.07, 6.45) is 5.15. The van der Waals surface area contributed by atoms with Crippen LogP contribution in [-0.4, -0.2) is 108 Å². The third-order valence-electron chi connectivity index (χ3n) is 15.2. The Morgan fingerprint density at radius 3 is 1.89 bits per heavy atom. The summed E-state index contributed by atoms with van der Waals surface area (Å²) in [5.74, 6) is 0.433. The minimum absolute atomic E-state index is 0.0937. The van der Waals surface area contributed by atoms with Crippen molar-refractivity contribution < 1.29 is 87.2 Å². The van der Waals surface area contributed by atoms with Crippen molar-refractivity contribution in [3.05, 3.63) is 0 Å². The minimum Gasteiger partial charge on any atom is -0.0590 e. The zero-order chi connectivity index (χ0) is 46.0. The summed E-state index contributed by atoms with van der Waals surface area (Å²) in [5.41, 5.74) is -1.34. The molecule has 0 spiro atoms. The van der Waals surface area contributed by atoms with Gasteiger partial charge in [0.25, 0.3) is 0 Å². The van der Waals surface area contributed by atoms with Crippen LogP contribution in [0.2, 0.25) is 0 Å². The monoisotopic (exact) mass is 956 g/mol. The number of rotatable bonds is 20. The molecule has 3 unspecified atom stereocenters. The van der Waals surface area contributed by atoms with E-state index in [9.17, 15) is 77.8 Å². The molecule has 4 saturated carbocycles. The molecule has 0 saturated heterocycles. The topological polar surface area (TPSA) is 350 Å². The standard InChI is InChI=1S/C37H72N2O18P4/c1-5-6-7-8-15-35(4,42)30-12-11-26-25-23-29(57-32(41)39-20-9-16-36(43,58(45)46)59(47,48)49)28-22-24(13-18-33(28,2)27(25)14-19-34(26,30)3)56-31(40)38-21-10-17-37(44,60(50,51)52)61(53,54)55/h24-30,42-44,50-52,58,60H,5-23H2,1-4H3,(H,38,40)(H,39,41)(H,45,46)(H2,47,48,49)(H2,53,54,55)/t24-,25-,26-,27-,28+,29-,30-,33+,34-,35-,36?,37?/m0/s1. The van der Waals surface area contributed by atoms with Gasteiger partial charge in [-0.3, -0.25) is 9.13 Å². The Hall–Kier alpha value is -0.780. The molecule has 0 heterocycles. The van der Waals surface area contributed by atoms with Gasteiger partial charge in [-0.2, -0.15) is 0 Å². The molecule has 20 nitrogen and oxygen atoms in total. The summed E-state index contributed by atoms with van der Waals surface area (Å²) in [7, 11) is -20.8. The van der Waals surface area contributed by atoms with Gasteiger partial charge in [0.15, 0.2) is 0 Å². The first-order valence-corrected chi connectivity index (χ1v) is 28.0. The summed E-state index contributed by atoms with van der Waals surface area (Å²) in [5, 5.41) is 30.7. The van der Waals surface area contributed by atoms with Crippen LogP contribution in [0.3, 0.4) is 0 Å². The van der Waals surface area contributed by atoms with Gasteiger partial charge < -0.3 is 30.2 Å². The van der Waals surface area contributed by atoms with E-state index in [-0.39, 0.29) is 66.4 Å². The fourth-order valence-electron chi connectivity index (χ4n) is 11.9. The minimum atomic E-state index is -5.73. The van der Waals surface area contributed by atoms with Gasteiger partial charge in [-0.25, -0.2) is 4.79 Å². The molecule has 4 rings (SSSR count). The Bertz CT molecular complexity index is 1660. The van der Waals surface area contributed by atoms with Crippen molar-refractivity contribution in [2.45, 2.75) is 165 Å². The Balaban J connectivity index is 1.49. The number of unbranched alkanes of at least 4 members (excludes halogenated alkanes) is 3. The van der Waals surface area contributed by atoms with E-state index in [1.165, 1.54) is 0 Å². The first kappa shape index (κ1) is 52.8. The van der Waals surface area contributed by atoms with Crippen molar-refractivity contribution in [3.8, 4) is 0 Å². The average Bonchev–Trinajstić information content (AvgIpc) is 3.51. The third-order valence-corrected chi connectivity index (χ3v) is 23.1. The quantitative estimate of drug-likeness (QED) is 0.0597. The fraction of sp³-hybridized carbons (Fsp3) is 0.946. The summed E-state index contributed by atoms with van der Waals surface area (Å²) in [6, 6.07) is 0. The van der Waals surface area contributed by atoms with E-state index in [4.69, 9.17) is 9.47 Å². The molecule has 2 amide bonds. The van der Waals surface area contributed by atoms with Gasteiger partial charge >= 0.3 is 176 Å². The normalized spacial score (nSPS) is 34.2. The smallest absolute Gasteiger partial charge is 0.0590 e. The molecule has 358 valence electrons. The fourth-order valence-corrected chi connectivity index (χ4v) is 16.2. The van der Waals surface area contributed by atoms with Crippen LogP contribution in [0.5, 0.6) is 0 Å². The summed E-state index contributed by atoms with van der Waals surface area (Å²) >= 11 is 0. The van der Waals surface area contributed by atoms with Crippen molar-refractivity contribution in [2.24, 2.45) is 40.4 Å². The molecule has 0 radical (unpaired) electrons. The zero-order valence-corrected chi connectivity index (χ0v) is 39.4. The third kappa shape index (κ3) is 11.4. The van der Waals surface area contributed by atoms with Crippen LogP contribution in [-0.2, 0) is 23.2 Å². The molecular formula is C37H72N2O18P4. The van der Waals surface area contributed by atoms with Gasteiger partial charge in [-0.05, 0) is 75.0 Å². The number of carbonyl (C=O) groups excluding carboxylic acids is 2. The van der Waals surface area contributed by atoms with Gasteiger partial charge in [-0.1, -0.05) is 39.5 Å². The molecule has 4 aliphatic rings. The number of aliphatic hydroxyl groups is 3. The predicted molar refractivity (Wildman–Crippen MR) is 225 cm³/mol. The molecular weight excluding hydrogens is 884 g/mol. The molecule has 4 fully saturated rings. The molecule has 0 aromatic heterocycles. The van der Waals surface area contributed by atoms with E-state index in [0.29, 0.717) is 25.7 Å². The van der Waals surface area contributed by atoms with Crippen molar-refractivity contribution in [1.29, 1.82) is 0 Å². The van der Waals surface area contributed by atoms with E-state index in [2.05, 4.69) is 31.4 Å². The van der Waals surface area contributed by atoms with Crippen molar-refractivity contribution >= 4 is 43.3 Å². The van der Waals surface area contributed by atoms with Crippen LogP contribution in [0.1, 0.15) is 137 Å². The van der Waals surface area contributed by atoms with Crippen LogP contribution < -0.4 is 10.6 Å². The average molecular weight is 957 g/mol. The van der Waals surface area contributed by atoms with Gasteiger partial charge in [-0.15, -0.1) is 0 Å². The first-order valence-electron chi connectivity index (χ1n) is 21.6. The molecule has 0 aromatic carbocycles. The number of hydrogen-bond acceptors (Lipinski definition) is 13. The first-order chi connectivity index (χ1) is 28.0. The van der Waals surface area contributed by atoms with E-state index in [0.717, 1.165) is 57.8 Å². The molecule has 61 heavy (non-hydrogen) atoms. The second-order valence-corrected chi connectivity index (χ2v) is 27.1. The maximum atomic E-state index is 13.4. The predicted octanol–water partition coefficient (Wildman–Crippen LogP) is 4.31. The van der Waals surface area contributed by atoms with Gasteiger partial charge in [0.2, 0.25) is 13.1 Å². The molecule has 24 heteroatoms. The number of carbonyl (C=O) groups is 2. The molecule has 0 aromatic rings. The van der Waals surface area contributed by atoms with E-state index in [1.807, 2.05) is 6.92 Å². The second kappa shape index (κ2) is 20.0. The number of alkyl carbamates (subject to hydrolysis) is 2. The van der Waals surface area contributed by atoms with Crippen LogP contribution >= 0.6 is 31.2 Å². The summed E-state index contributed by atoms with van der Waals surface area (Å²) in [4.78, 5) is 102. The van der Waals surface area contributed by atoms with E-state index >= 15 is 0 Å².